The fourth-order valence-electron chi connectivity index (χ4n) is 1.74. The molecule has 4 heteroatoms. The molecule has 0 heterocycles. The lowest BCUT2D eigenvalue weighted by molar-refractivity contribution is -0.131. The summed E-state index contributed by atoms with van der Waals surface area (Å²) in [5, 5.41) is 10.2. The van der Waals surface area contributed by atoms with Crippen LogP contribution in [0.1, 0.15) is 11.1 Å². The molecule has 0 fully saturated rings. The quantitative estimate of drug-likeness (QED) is 0.845. The molecule has 19 heavy (non-hydrogen) atoms. The number of hydrogen-bond donors (Lipinski definition) is 1. The summed E-state index contributed by atoms with van der Waals surface area (Å²) in [6.45, 7) is 0. The van der Waals surface area contributed by atoms with Gasteiger partial charge in [-0.1, -0.05) is 47.5 Å². The molecule has 0 bridgehead atoms. The molecule has 2 aromatic carbocycles. The summed E-state index contributed by atoms with van der Waals surface area (Å²) in [7, 11) is 0. The molecule has 0 saturated carbocycles. The molecule has 96 valence electrons. The summed E-state index contributed by atoms with van der Waals surface area (Å²) in [5.41, 5.74) is 2.11. The Labute approximate surface area is 120 Å². The summed E-state index contributed by atoms with van der Waals surface area (Å²) in [4.78, 5) is 11.0. The summed E-state index contributed by atoms with van der Waals surface area (Å²) >= 11 is 11.8. The van der Waals surface area contributed by atoms with Crippen LogP contribution in [0.4, 0.5) is 0 Å². The Morgan fingerprint density at radius 1 is 0.947 bits per heavy atom. The van der Waals surface area contributed by atoms with Crippen molar-refractivity contribution < 1.29 is 9.90 Å². The second-order valence-electron chi connectivity index (χ2n) is 3.91. The maximum absolute atomic E-state index is 11.0. The zero-order chi connectivity index (χ0) is 13.8. The van der Waals surface area contributed by atoms with Gasteiger partial charge in [0.15, 0.2) is 0 Å². The highest BCUT2D eigenvalue weighted by Gasteiger charge is 2.08. The average Bonchev–Trinajstić information content (AvgIpc) is 2.37. The third kappa shape index (κ3) is 3.60. The molecule has 0 aliphatic rings. The number of carboxylic acids is 1. The fourth-order valence-corrected chi connectivity index (χ4v) is 2.06. The molecule has 0 saturated heterocycles. The molecule has 0 aliphatic heterocycles. The molecule has 0 aromatic heterocycles. The molecule has 2 rings (SSSR count). The van der Waals surface area contributed by atoms with E-state index in [-0.39, 0.29) is 0 Å². The van der Waals surface area contributed by atoms with Crippen LogP contribution < -0.4 is 0 Å². The van der Waals surface area contributed by atoms with Crippen LogP contribution >= 0.6 is 23.2 Å². The normalized spacial score (nSPS) is 11.4. The van der Waals surface area contributed by atoms with E-state index in [4.69, 9.17) is 28.3 Å². The third-order valence-electron chi connectivity index (χ3n) is 2.56. The van der Waals surface area contributed by atoms with Crippen LogP contribution in [-0.2, 0) is 4.79 Å². The Kier molecular flexibility index (Phi) is 4.25. The summed E-state index contributed by atoms with van der Waals surface area (Å²) in [5.74, 6) is -1.01. The van der Waals surface area contributed by atoms with E-state index in [0.717, 1.165) is 17.2 Å². The number of carboxylic acid groups (broad SMARTS) is 1. The van der Waals surface area contributed by atoms with Gasteiger partial charge in [0.25, 0.3) is 0 Å². The molecular formula is C15H10Cl2O2. The van der Waals surface area contributed by atoms with Crippen molar-refractivity contribution in [3.63, 3.8) is 0 Å². The van der Waals surface area contributed by atoms with E-state index in [1.165, 1.54) is 0 Å². The second kappa shape index (κ2) is 5.91. The predicted octanol–water partition coefficient (Wildman–Crippen LogP) is 4.51. The van der Waals surface area contributed by atoms with Crippen molar-refractivity contribution >= 4 is 34.7 Å². The van der Waals surface area contributed by atoms with Crippen molar-refractivity contribution in [3.05, 3.63) is 75.8 Å². The summed E-state index contributed by atoms with van der Waals surface area (Å²) in [6, 6.07) is 14.1. The Hall–Kier alpha value is -1.77. The lowest BCUT2D eigenvalue weighted by Crippen LogP contribution is -1.94. The minimum Gasteiger partial charge on any atom is -0.478 e. The van der Waals surface area contributed by atoms with Crippen molar-refractivity contribution in [3.8, 4) is 0 Å². The molecule has 0 amide bonds. The highest BCUT2D eigenvalue weighted by Crippen LogP contribution is 2.26. The maximum Gasteiger partial charge on any atom is 0.328 e. The molecule has 0 radical (unpaired) electrons. The standard InChI is InChI=1S/C15H10Cl2O2/c16-12-6-4-10(5-7-12)14(9-15(18)19)11-2-1-3-13(17)8-11/h1-9H,(H,18,19)/b14-9-. The first-order valence-electron chi connectivity index (χ1n) is 5.53. The number of rotatable bonds is 3. The molecule has 1 N–H and O–H groups in total. The van der Waals surface area contributed by atoms with Crippen molar-refractivity contribution in [2.75, 3.05) is 0 Å². The van der Waals surface area contributed by atoms with Gasteiger partial charge in [0, 0.05) is 16.1 Å². The van der Waals surface area contributed by atoms with Crippen LogP contribution in [0.2, 0.25) is 10.0 Å². The van der Waals surface area contributed by atoms with Gasteiger partial charge >= 0.3 is 5.97 Å². The molecule has 0 unspecified atom stereocenters. The van der Waals surface area contributed by atoms with Crippen molar-refractivity contribution in [1.29, 1.82) is 0 Å². The van der Waals surface area contributed by atoms with E-state index in [0.29, 0.717) is 15.6 Å². The highest BCUT2D eigenvalue weighted by atomic mass is 35.5. The van der Waals surface area contributed by atoms with Gasteiger partial charge in [-0.15, -0.1) is 0 Å². The van der Waals surface area contributed by atoms with Crippen LogP contribution in [0.3, 0.4) is 0 Å². The van der Waals surface area contributed by atoms with Crippen molar-refractivity contribution in [2.45, 2.75) is 0 Å². The van der Waals surface area contributed by atoms with E-state index in [1.807, 2.05) is 6.07 Å². The summed E-state index contributed by atoms with van der Waals surface area (Å²) < 4.78 is 0. The molecule has 2 nitrogen and oxygen atoms in total. The van der Waals surface area contributed by atoms with Crippen LogP contribution in [0.25, 0.3) is 5.57 Å². The van der Waals surface area contributed by atoms with Crippen molar-refractivity contribution in [1.82, 2.24) is 0 Å². The maximum atomic E-state index is 11.0. The topological polar surface area (TPSA) is 37.3 Å². The SMILES string of the molecule is O=C(O)/C=C(/c1ccc(Cl)cc1)c1cccc(Cl)c1. The average molecular weight is 293 g/mol. The molecule has 0 spiro atoms. The monoisotopic (exact) mass is 292 g/mol. The minimum absolute atomic E-state index is 0.558. The third-order valence-corrected chi connectivity index (χ3v) is 3.05. The smallest absolute Gasteiger partial charge is 0.328 e. The number of carbonyl (C=O) groups is 1. The van der Waals surface area contributed by atoms with E-state index in [2.05, 4.69) is 0 Å². The van der Waals surface area contributed by atoms with E-state index in [9.17, 15) is 4.79 Å². The lowest BCUT2D eigenvalue weighted by atomic mass is 9.97. The van der Waals surface area contributed by atoms with Crippen molar-refractivity contribution in [2.24, 2.45) is 0 Å². The largest absolute Gasteiger partial charge is 0.478 e. The number of aliphatic carboxylic acids is 1. The first-order valence-corrected chi connectivity index (χ1v) is 6.28. The Balaban J connectivity index is 2.54. The number of hydrogen-bond acceptors (Lipinski definition) is 1. The van der Waals surface area contributed by atoms with Gasteiger partial charge in [-0.2, -0.15) is 0 Å². The first-order chi connectivity index (χ1) is 9.06. The second-order valence-corrected chi connectivity index (χ2v) is 4.79. The van der Waals surface area contributed by atoms with Crippen LogP contribution in [0.5, 0.6) is 0 Å². The van der Waals surface area contributed by atoms with Gasteiger partial charge in [0.2, 0.25) is 0 Å². The Morgan fingerprint density at radius 3 is 2.21 bits per heavy atom. The zero-order valence-electron chi connectivity index (χ0n) is 9.81. The van der Waals surface area contributed by atoms with Gasteiger partial charge in [0.1, 0.15) is 0 Å². The molecule has 2 aromatic rings. The van der Waals surface area contributed by atoms with E-state index < -0.39 is 5.97 Å². The minimum atomic E-state index is -1.01. The van der Waals surface area contributed by atoms with E-state index >= 15 is 0 Å². The summed E-state index contributed by atoms with van der Waals surface area (Å²) in [6.07, 6.45) is 1.16. The van der Waals surface area contributed by atoms with Crippen LogP contribution in [0, 0.1) is 0 Å². The Morgan fingerprint density at radius 2 is 1.63 bits per heavy atom. The number of halogens is 2. The van der Waals surface area contributed by atoms with Gasteiger partial charge in [-0.05, 0) is 41.0 Å². The van der Waals surface area contributed by atoms with E-state index in [1.54, 1.807) is 42.5 Å². The molecule has 0 atom stereocenters. The highest BCUT2D eigenvalue weighted by molar-refractivity contribution is 6.31. The van der Waals surface area contributed by atoms with Crippen LogP contribution in [0.15, 0.2) is 54.6 Å². The van der Waals surface area contributed by atoms with Crippen LogP contribution in [-0.4, -0.2) is 11.1 Å². The number of benzene rings is 2. The zero-order valence-corrected chi connectivity index (χ0v) is 11.3. The fraction of sp³-hybridized carbons (Fsp3) is 0. The van der Waals surface area contributed by atoms with Gasteiger partial charge in [-0.3, -0.25) is 0 Å². The lowest BCUT2D eigenvalue weighted by Gasteiger charge is -2.08. The van der Waals surface area contributed by atoms with Gasteiger partial charge in [-0.25, -0.2) is 4.79 Å². The molecule has 0 aliphatic carbocycles. The first kappa shape index (κ1) is 13.7. The van der Waals surface area contributed by atoms with Gasteiger partial charge in [0.05, 0.1) is 0 Å². The Bertz CT molecular complexity index is 631. The molecular weight excluding hydrogens is 283 g/mol. The predicted molar refractivity (Wildman–Crippen MR) is 77.6 cm³/mol. The van der Waals surface area contributed by atoms with Gasteiger partial charge < -0.3 is 5.11 Å².